The fourth-order valence-corrected chi connectivity index (χ4v) is 2.47. The summed E-state index contributed by atoms with van der Waals surface area (Å²) in [6.45, 7) is 16.9. The van der Waals surface area contributed by atoms with Gasteiger partial charge in [-0.15, -0.1) is 0 Å². The molecule has 1 fully saturated rings. The lowest BCUT2D eigenvalue weighted by Gasteiger charge is -2.32. The molecule has 3 nitrogen and oxygen atoms in total. The molecule has 0 aromatic heterocycles. The molecule has 1 saturated heterocycles. The monoisotopic (exact) mass is 354 g/mol. The first-order chi connectivity index (χ1) is 12.1. The van der Waals surface area contributed by atoms with Crippen molar-refractivity contribution in [3.63, 3.8) is 0 Å². The quantitative estimate of drug-likeness (QED) is 0.359. The molecular formula is C22H31BO3. The first-order valence-corrected chi connectivity index (χ1v) is 9.16. The molecule has 4 heteroatoms. The Labute approximate surface area is 158 Å². The maximum atomic E-state index is 6.02. The fourth-order valence-electron chi connectivity index (χ4n) is 2.47. The average molecular weight is 354 g/mol. The summed E-state index contributed by atoms with van der Waals surface area (Å²) < 4.78 is 18.0. The van der Waals surface area contributed by atoms with Crippen molar-refractivity contribution in [2.45, 2.75) is 59.2 Å². The SMILES string of the molecule is C=C(/C=C\C(C)=C(/C)OCC1=CC=CC=CC1)B1OC(C)(C)C(C)(C)O1. The van der Waals surface area contributed by atoms with E-state index in [9.17, 15) is 0 Å². The lowest BCUT2D eigenvalue weighted by molar-refractivity contribution is 0.00578. The standard InChI is InChI=1S/C22H31BO3/c1-17(19(3)24-16-20-12-10-8-9-11-13-20)14-15-18(2)23-25-21(4,5)22(6,7)26-23/h8-12,14-15H,2,13,16H2,1,3-7H3/b15-14-,19-17+. The van der Waals surface area contributed by atoms with Gasteiger partial charge in [0, 0.05) is 0 Å². The Hall–Kier alpha value is -1.78. The molecule has 1 aliphatic heterocycles. The van der Waals surface area contributed by atoms with Crippen LogP contribution in [0.15, 0.2) is 71.5 Å². The molecule has 0 aromatic carbocycles. The fraction of sp³-hybridized carbons (Fsp3) is 0.455. The minimum Gasteiger partial charge on any atom is -0.494 e. The summed E-state index contributed by atoms with van der Waals surface area (Å²) in [6.07, 6.45) is 15.3. The van der Waals surface area contributed by atoms with Crippen LogP contribution in [0.4, 0.5) is 0 Å². The number of hydrogen-bond donors (Lipinski definition) is 0. The Balaban J connectivity index is 1.92. The first kappa shape index (κ1) is 20.5. The largest absolute Gasteiger partial charge is 0.494 e. The van der Waals surface area contributed by atoms with Gasteiger partial charge < -0.3 is 14.0 Å². The van der Waals surface area contributed by atoms with Crippen molar-refractivity contribution in [1.29, 1.82) is 0 Å². The summed E-state index contributed by atoms with van der Waals surface area (Å²) >= 11 is 0. The lowest BCUT2D eigenvalue weighted by Crippen LogP contribution is -2.41. The molecule has 0 N–H and O–H groups in total. The predicted octanol–water partition coefficient (Wildman–Crippen LogP) is 5.48. The normalized spacial score (nSPS) is 22.2. The summed E-state index contributed by atoms with van der Waals surface area (Å²) in [7, 11) is -0.417. The van der Waals surface area contributed by atoms with Crippen LogP contribution in [0.3, 0.4) is 0 Å². The van der Waals surface area contributed by atoms with E-state index < -0.39 is 7.12 Å². The van der Waals surface area contributed by atoms with Crippen molar-refractivity contribution in [3.8, 4) is 0 Å². The Morgan fingerprint density at radius 1 is 1.12 bits per heavy atom. The van der Waals surface area contributed by atoms with Crippen LogP contribution in [0.2, 0.25) is 0 Å². The summed E-state index contributed by atoms with van der Waals surface area (Å²) in [5.74, 6) is 0.904. The first-order valence-electron chi connectivity index (χ1n) is 9.16. The number of hydrogen-bond acceptors (Lipinski definition) is 3. The third-order valence-corrected chi connectivity index (χ3v) is 5.20. The Morgan fingerprint density at radius 2 is 1.77 bits per heavy atom. The van der Waals surface area contributed by atoms with Gasteiger partial charge in [-0.1, -0.05) is 49.1 Å². The summed E-state index contributed by atoms with van der Waals surface area (Å²) in [5.41, 5.74) is 2.41. The summed E-state index contributed by atoms with van der Waals surface area (Å²) in [6, 6.07) is 0. The van der Waals surface area contributed by atoms with E-state index in [1.54, 1.807) is 0 Å². The van der Waals surface area contributed by atoms with Crippen molar-refractivity contribution in [2.24, 2.45) is 0 Å². The van der Waals surface area contributed by atoms with Gasteiger partial charge in [0.1, 0.15) is 6.61 Å². The van der Waals surface area contributed by atoms with E-state index in [0.29, 0.717) is 6.61 Å². The molecule has 0 amide bonds. The maximum Gasteiger partial charge on any atom is 0.494 e. The van der Waals surface area contributed by atoms with E-state index in [-0.39, 0.29) is 11.2 Å². The molecular weight excluding hydrogens is 323 g/mol. The molecule has 0 spiro atoms. The molecule has 1 heterocycles. The number of rotatable bonds is 6. The molecule has 0 atom stereocenters. The van der Waals surface area contributed by atoms with Crippen molar-refractivity contribution in [3.05, 3.63) is 71.5 Å². The highest BCUT2D eigenvalue weighted by atomic mass is 16.7. The van der Waals surface area contributed by atoms with Crippen LogP contribution >= 0.6 is 0 Å². The van der Waals surface area contributed by atoms with Crippen molar-refractivity contribution < 1.29 is 14.0 Å². The smallest absolute Gasteiger partial charge is 0.494 e. The molecule has 1 aliphatic carbocycles. The van der Waals surface area contributed by atoms with Gasteiger partial charge >= 0.3 is 7.12 Å². The summed E-state index contributed by atoms with van der Waals surface area (Å²) in [5, 5.41) is 0. The van der Waals surface area contributed by atoms with Gasteiger partial charge in [0.25, 0.3) is 0 Å². The van der Waals surface area contributed by atoms with E-state index in [1.165, 1.54) is 5.57 Å². The van der Waals surface area contributed by atoms with Gasteiger partial charge in [0.2, 0.25) is 0 Å². The van der Waals surface area contributed by atoms with Crippen molar-refractivity contribution in [2.75, 3.05) is 6.61 Å². The molecule has 2 rings (SSSR count). The van der Waals surface area contributed by atoms with Crippen LogP contribution in [-0.2, 0) is 14.0 Å². The van der Waals surface area contributed by atoms with Gasteiger partial charge in [-0.3, -0.25) is 0 Å². The van der Waals surface area contributed by atoms with Gasteiger partial charge in [0.05, 0.1) is 17.0 Å². The zero-order valence-corrected chi connectivity index (χ0v) is 17.0. The molecule has 140 valence electrons. The van der Waals surface area contributed by atoms with Crippen LogP contribution in [0.25, 0.3) is 0 Å². The van der Waals surface area contributed by atoms with Crippen molar-refractivity contribution in [1.82, 2.24) is 0 Å². The molecule has 0 unspecified atom stereocenters. The molecule has 0 radical (unpaired) electrons. The number of allylic oxidation sites excluding steroid dienone is 10. The second kappa shape index (κ2) is 8.28. The maximum absolute atomic E-state index is 6.02. The summed E-state index contributed by atoms with van der Waals surface area (Å²) in [4.78, 5) is 0. The van der Waals surface area contributed by atoms with Gasteiger partial charge in [-0.2, -0.15) is 0 Å². The Bertz CT molecular complexity index is 674. The molecule has 2 aliphatic rings. The average Bonchev–Trinajstić information content (AvgIpc) is 2.76. The topological polar surface area (TPSA) is 27.7 Å². The van der Waals surface area contributed by atoms with Crippen LogP contribution < -0.4 is 0 Å². The van der Waals surface area contributed by atoms with Crippen LogP contribution in [0.5, 0.6) is 0 Å². The van der Waals surface area contributed by atoms with E-state index in [2.05, 4.69) is 24.8 Å². The minimum atomic E-state index is -0.417. The zero-order valence-electron chi connectivity index (χ0n) is 17.0. The third-order valence-electron chi connectivity index (χ3n) is 5.20. The van der Waals surface area contributed by atoms with E-state index in [0.717, 1.165) is 23.2 Å². The lowest BCUT2D eigenvalue weighted by atomic mass is 9.79. The van der Waals surface area contributed by atoms with Crippen molar-refractivity contribution >= 4 is 7.12 Å². The molecule has 0 aromatic rings. The van der Waals surface area contributed by atoms with Gasteiger partial charge in [-0.05, 0) is 64.6 Å². The Kier molecular flexibility index (Phi) is 6.54. The van der Waals surface area contributed by atoms with Crippen LogP contribution in [-0.4, -0.2) is 24.9 Å². The van der Waals surface area contributed by atoms with Gasteiger partial charge in [-0.25, -0.2) is 0 Å². The van der Waals surface area contributed by atoms with E-state index in [4.69, 9.17) is 14.0 Å². The van der Waals surface area contributed by atoms with E-state index in [1.807, 2.05) is 65.8 Å². The zero-order chi connectivity index (χ0) is 19.4. The van der Waals surface area contributed by atoms with Crippen LogP contribution in [0, 0.1) is 0 Å². The molecule has 26 heavy (non-hydrogen) atoms. The highest BCUT2D eigenvalue weighted by Crippen LogP contribution is 2.38. The third kappa shape index (κ3) is 5.12. The molecule has 0 saturated carbocycles. The predicted molar refractivity (Wildman–Crippen MR) is 110 cm³/mol. The van der Waals surface area contributed by atoms with Crippen LogP contribution in [0.1, 0.15) is 48.0 Å². The minimum absolute atomic E-state index is 0.353. The highest BCUT2D eigenvalue weighted by molar-refractivity contribution is 6.55. The highest BCUT2D eigenvalue weighted by Gasteiger charge is 2.51. The number of ether oxygens (including phenoxy) is 1. The molecule has 0 bridgehead atoms. The van der Waals surface area contributed by atoms with Gasteiger partial charge in [0.15, 0.2) is 0 Å². The second-order valence-corrected chi connectivity index (χ2v) is 7.87. The second-order valence-electron chi connectivity index (χ2n) is 7.87. The Morgan fingerprint density at radius 3 is 2.42 bits per heavy atom. The van der Waals surface area contributed by atoms with E-state index >= 15 is 0 Å².